The lowest BCUT2D eigenvalue weighted by Gasteiger charge is -2.35. The fourth-order valence-electron chi connectivity index (χ4n) is 2.38. The second-order valence-corrected chi connectivity index (χ2v) is 4.94. The number of hydrogen-bond donors (Lipinski definition) is 2. The fraction of sp³-hybridized carbons (Fsp3) is 0.818. The maximum Gasteiger partial charge on any atom is 0.324 e. The van der Waals surface area contributed by atoms with E-state index in [2.05, 4.69) is 17.1 Å². The van der Waals surface area contributed by atoms with E-state index in [1.54, 1.807) is 0 Å². The molecule has 0 radical (unpaired) electrons. The van der Waals surface area contributed by atoms with Gasteiger partial charge in [0.15, 0.2) is 0 Å². The highest BCUT2D eigenvalue weighted by atomic mass is 16.2. The largest absolute Gasteiger partial charge is 0.336 e. The van der Waals surface area contributed by atoms with Crippen LogP contribution < -0.4 is 11.1 Å². The van der Waals surface area contributed by atoms with Crippen molar-refractivity contribution < 1.29 is 9.59 Å². The highest BCUT2D eigenvalue weighted by Crippen LogP contribution is 2.14. The maximum absolute atomic E-state index is 11.9. The van der Waals surface area contributed by atoms with Crippen molar-refractivity contribution >= 4 is 11.9 Å². The molecule has 2 saturated heterocycles. The molecule has 2 aliphatic rings. The highest BCUT2D eigenvalue weighted by Gasteiger charge is 2.29. The van der Waals surface area contributed by atoms with Gasteiger partial charge >= 0.3 is 6.03 Å². The lowest BCUT2D eigenvalue weighted by atomic mass is 9.95. The average Bonchev–Trinajstić information content (AvgIpc) is 2.70. The minimum Gasteiger partial charge on any atom is -0.336 e. The van der Waals surface area contributed by atoms with Crippen molar-refractivity contribution in [1.82, 2.24) is 15.1 Å². The van der Waals surface area contributed by atoms with Gasteiger partial charge in [-0.1, -0.05) is 6.92 Å². The fourth-order valence-corrected chi connectivity index (χ4v) is 2.38. The van der Waals surface area contributed by atoms with Crippen molar-refractivity contribution in [2.75, 3.05) is 32.7 Å². The zero-order chi connectivity index (χ0) is 12.4. The number of amides is 3. The predicted molar refractivity (Wildman–Crippen MR) is 63.3 cm³/mol. The minimum absolute atomic E-state index is 0.109. The lowest BCUT2D eigenvalue weighted by molar-refractivity contribution is -0.129. The van der Waals surface area contributed by atoms with Gasteiger partial charge < -0.3 is 11.1 Å². The number of carbonyl (C=O) groups excluding carboxylic acids is 2. The molecule has 0 aromatic heterocycles. The third kappa shape index (κ3) is 2.76. The molecular formula is C11H20N4O2. The quantitative estimate of drug-likeness (QED) is 0.663. The van der Waals surface area contributed by atoms with Gasteiger partial charge in [-0.05, 0) is 12.3 Å². The highest BCUT2D eigenvalue weighted by molar-refractivity contribution is 5.96. The van der Waals surface area contributed by atoms with Crippen molar-refractivity contribution in [1.29, 1.82) is 0 Å². The van der Waals surface area contributed by atoms with Crippen LogP contribution in [-0.2, 0) is 4.79 Å². The first-order valence-electron chi connectivity index (χ1n) is 6.14. The normalized spacial score (nSPS) is 30.5. The summed E-state index contributed by atoms with van der Waals surface area (Å²) in [7, 11) is 0. The summed E-state index contributed by atoms with van der Waals surface area (Å²) in [5, 5.41) is 2.63. The zero-order valence-electron chi connectivity index (χ0n) is 10.2. The second kappa shape index (κ2) is 5.01. The van der Waals surface area contributed by atoms with Gasteiger partial charge in [-0.25, -0.2) is 4.79 Å². The second-order valence-electron chi connectivity index (χ2n) is 4.94. The molecule has 2 atom stereocenters. The van der Waals surface area contributed by atoms with Crippen LogP contribution in [0.15, 0.2) is 0 Å². The first kappa shape index (κ1) is 12.3. The summed E-state index contributed by atoms with van der Waals surface area (Å²) in [5.74, 6) is 0.298. The van der Waals surface area contributed by atoms with Crippen LogP contribution in [-0.4, -0.2) is 60.5 Å². The van der Waals surface area contributed by atoms with Crippen molar-refractivity contribution in [3.05, 3.63) is 0 Å². The average molecular weight is 240 g/mol. The van der Waals surface area contributed by atoms with Gasteiger partial charge in [-0.2, -0.15) is 0 Å². The van der Waals surface area contributed by atoms with Gasteiger partial charge in [0.1, 0.15) is 0 Å². The van der Waals surface area contributed by atoms with Crippen LogP contribution in [0.4, 0.5) is 4.79 Å². The van der Waals surface area contributed by atoms with Crippen LogP contribution in [0.2, 0.25) is 0 Å². The third-order valence-electron chi connectivity index (χ3n) is 3.57. The molecule has 0 aliphatic carbocycles. The number of rotatable bonds is 2. The number of likely N-dealkylation sites (tertiary alicyclic amines) is 1. The molecule has 6 nitrogen and oxygen atoms in total. The first-order chi connectivity index (χ1) is 8.08. The number of carbonyl (C=O) groups is 2. The van der Waals surface area contributed by atoms with E-state index in [-0.39, 0.29) is 18.0 Å². The Hall–Kier alpha value is -1.14. The summed E-state index contributed by atoms with van der Waals surface area (Å²) in [4.78, 5) is 26.6. The Kier molecular flexibility index (Phi) is 3.63. The van der Waals surface area contributed by atoms with Crippen LogP contribution in [0.3, 0.4) is 0 Å². The van der Waals surface area contributed by atoms with Crippen LogP contribution in [0, 0.1) is 5.92 Å². The van der Waals surface area contributed by atoms with Gasteiger partial charge in [0.2, 0.25) is 5.91 Å². The standard InChI is InChI=1S/C11H20N4O2/c1-8-6-14(4-2-9(8)12)7-10(16)15-5-3-13-11(15)17/h8-9H,2-7,12H2,1H3,(H,13,17). The van der Waals surface area contributed by atoms with E-state index in [1.165, 1.54) is 4.90 Å². The molecule has 0 aromatic carbocycles. The Bertz CT molecular complexity index is 321. The number of nitrogens with zero attached hydrogens (tertiary/aromatic N) is 2. The number of hydrogen-bond acceptors (Lipinski definition) is 4. The summed E-state index contributed by atoms with van der Waals surface area (Å²) < 4.78 is 0. The Balaban J connectivity index is 1.84. The van der Waals surface area contributed by atoms with Crippen LogP contribution in [0.5, 0.6) is 0 Å². The van der Waals surface area contributed by atoms with E-state index in [0.717, 1.165) is 19.5 Å². The van der Waals surface area contributed by atoms with Gasteiger partial charge in [0.25, 0.3) is 0 Å². The van der Waals surface area contributed by atoms with Crippen molar-refractivity contribution in [3.63, 3.8) is 0 Å². The Morgan fingerprint density at radius 3 is 2.88 bits per heavy atom. The summed E-state index contributed by atoms with van der Waals surface area (Å²) in [6.07, 6.45) is 0.917. The van der Waals surface area contributed by atoms with Gasteiger partial charge in [-0.3, -0.25) is 14.6 Å². The molecule has 2 fully saturated rings. The smallest absolute Gasteiger partial charge is 0.324 e. The zero-order valence-corrected chi connectivity index (χ0v) is 10.2. The molecule has 6 heteroatoms. The summed E-state index contributed by atoms with van der Waals surface area (Å²) in [6.45, 7) is 5.15. The van der Waals surface area contributed by atoms with Gasteiger partial charge in [0.05, 0.1) is 6.54 Å². The van der Waals surface area contributed by atoms with E-state index in [4.69, 9.17) is 5.73 Å². The Morgan fingerprint density at radius 1 is 1.53 bits per heavy atom. The molecule has 2 unspecified atom stereocenters. The molecule has 0 saturated carbocycles. The SMILES string of the molecule is CC1CN(CC(=O)N2CCNC2=O)CCC1N. The molecule has 2 rings (SSSR count). The van der Waals surface area contributed by atoms with Gasteiger partial charge in [-0.15, -0.1) is 0 Å². The van der Waals surface area contributed by atoms with E-state index in [9.17, 15) is 9.59 Å². The number of nitrogens with one attached hydrogen (secondary N) is 1. The van der Waals surface area contributed by atoms with Gasteiger partial charge in [0, 0.05) is 32.2 Å². The molecule has 3 amide bonds. The maximum atomic E-state index is 11.9. The molecule has 0 spiro atoms. The molecule has 0 aromatic rings. The lowest BCUT2D eigenvalue weighted by Crippen LogP contribution is -2.50. The number of imide groups is 1. The number of urea groups is 1. The van der Waals surface area contributed by atoms with Crippen LogP contribution in [0.1, 0.15) is 13.3 Å². The van der Waals surface area contributed by atoms with E-state index < -0.39 is 0 Å². The first-order valence-corrected chi connectivity index (χ1v) is 6.14. The molecule has 3 N–H and O–H groups in total. The molecule has 2 heterocycles. The van der Waals surface area contributed by atoms with E-state index >= 15 is 0 Å². The van der Waals surface area contributed by atoms with Crippen molar-refractivity contribution in [3.8, 4) is 0 Å². The summed E-state index contributed by atoms with van der Waals surface area (Å²) >= 11 is 0. The molecule has 17 heavy (non-hydrogen) atoms. The van der Waals surface area contributed by atoms with E-state index in [1.807, 2.05) is 0 Å². The van der Waals surface area contributed by atoms with Crippen molar-refractivity contribution in [2.45, 2.75) is 19.4 Å². The monoisotopic (exact) mass is 240 g/mol. The number of piperidine rings is 1. The molecule has 2 aliphatic heterocycles. The minimum atomic E-state index is -0.267. The van der Waals surface area contributed by atoms with Crippen molar-refractivity contribution in [2.24, 2.45) is 11.7 Å². The van der Waals surface area contributed by atoms with E-state index in [0.29, 0.717) is 25.6 Å². The predicted octanol–water partition coefficient (Wildman–Crippen LogP) is -0.793. The summed E-state index contributed by atoms with van der Waals surface area (Å²) in [5.41, 5.74) is 5.93. The molecular weight excluding hydrogens is 220 g/mol. The Morgan fingerprint density at radius 2 is 2.29 bits per heavy atom. The summed E-state index contributed by atoms with van der Waals surface area (Å²) in [6, 6.07) is -0.0341. The topological polar surface area (TPSA) is 78.7 Å². The molecule has 96 valence electrons. The van der Waals surface area contributed by atoms with Crippen LogP contribution in [0.25, 0.3) is 0 Å². The Labute approximate surface area is 101 Å². The van der Waals surface area contributed by atoms with Crippen LogP contribution >= 0.6 is 0 Å². The third-order valence-corrected chi connectivity index (χ3v) is 3.57. The molecule has 0 bridgehead atoms. The number of nitrogens with two attached hydrogens (primary N) is 1.